The van der Waals surface area contributed by atoms with E-state index in [9.17, 15) is 4.79 Å². The lowest BCUT2D eigenvalue weighted by atomic mass is 10.1. The molecule has 1 aromatic heterocycles. The zero-order valence-electron chi connectivity index (χ0n) is 8.95. The van der Waals surface area contributed by atoms with Crippen molar-refractivity contribution >= 4 is 27.7 Å². The molecule has 0 radical (unpaired) electrons. The van der Waals surface area contributed by atoms with E-state index in [1.807, 2.05) is 12.1 Å². The Kier molecular flexibility index (Phi) is 3.61. The Balaban J connectivity index is 2.12. The van der Waals surface area contributed by atoms with Crippen LogP contribution in [-0.4, -0.2) is 24.0 Å². The van der Waals surface area contributed by atoms with Gasteiger partial charge in [0, 0.05) is 24.4 Å². The molecule has 2 rings (SSSR count). The normalized spacial score (nSPS) is 19.2. The van der Waals surface area contributed by atoms with Crippen LogP contribution in [0.2, 0.25) is 0 Å². The summed E-state index contributed by atoms with van der Waals surface area (Å²) in [7, 11) is 0. The Hall–Kier alpha value is -1.59. The van der Waals surface area contributed by atoms with Crippen LogP contribution >= 0.6 is 15.9 Å². The van der Waals surface area contributed by atoms with Gasteiger partial charge in [0.15, 0.2) is 0 Å². The Bertz CT molecular complexity index is 485. The van der Waals surface area contributed by atoms with Gasteiger partial charge in [-0.2, -0.15) is 0 Å². The molecule has 1 fully saturated rings. The Morgan fingerprint density at radius 2 is 2.47 bits per heavy atom. The molecule has 0 aliphatic carbocycles. The largest absolute Gasteiger partial charge is 0.296 e. The number of carbonyl (C=O) groups is 1. The summed E-state index contributed by atoms with van der Waals surface area (Å²) in [5.41, 5.74) is 8.25. The molecule has 7 heteroatoms. The molecule has 0 aromatic carbocycles. The molecule has 1 saturated heterocycles. The summed E-state index contributed by atoms with van der Waals surface area (Å²) in [6.07, 6.45) is 0.410. The Morgan fingerprint density at radius 3 is 3.18 bits per heavy atom. The highest BCUT2D eigenvalue weighted by molar-refractivity contribution is 9.10. The summed E-state index contributed by atoms with van der Waals surface area (Å²) in [5, 5.41) is 3.51. The van der Waals surface area contributed by atoms with Gasteiger partial charge in [-0.1, -0.05) is 11.2 Å². The number of hydrogen-bond acceptors (Lipinski definition) is 3. The number of aromatic nitrogens is 1. The van der Waals surface area contributed by atoms with Gasteiger partial charge in [-0.3, -0.25) is 9.69 Å². The number of anilines is 1. The van der Waals surface area contributed by atoms with Crippen molar-refractivity contribution in [3.8, 4) is 0 Å². The van der Waals surface area contributed by atoms with Crippen LogP contribution in [0.4, 0.5) is 5.82 Å². The molecule has 6 nitrogen and oxygen atoms in total. The SMILES string of the molecule is [N-]=[N+]=NCC1CC(=O)N(c2cccc(Br)n2)C1. The quantitative estimate of drug-likeness (QED) is 0.371. The molecule has 1 aromatic rings. The number of halogens is 1. The average molecular weight is 296 g/mol. The highest BCUT2D eigenvalue weighted by atomic mass is 79.9. The maximum absolute atomic E-state index is 11.8. The van der Waals surface area contributed by atoms with Crippen molar-refractivity contribution in [3.05, 3.63) is 33.2 Å². The maximum Gasteiger partial charge on any atom is 0.228 e. The second-order valence-electron chi connectivity index (χ2n) is 3.81. The third kappa shape index (κ3) is 2.75. The number of rotatable bonds is 3. The van der Waals surface area contributed by atoms with Gasteiger partial charge in [0.1, 0.15) is 10.4 Å². The summed E-state index contributed by atoms with van der Waals surface area (Å²) in [5.74, 6) is 0.737. The molecule has 1 unspecified atom stereocenters. The fourth-order valence-electron chi connectivity index (χ4n) is 1.83. The Morgan fingerprint density at radius 1 is 1.65 bits per heavy atom. The first-order valence-electron chi connectivity index (χ1n) is 5.14. The standard InChI is InChI=1S/C10H10BrN5O/c11-8-2-1-3-9(14-8)16-6-7(4-10(16)17)5-13-15-12/h1-3,7H,4-6H2. The summed E-state index contributed by atoms with van der Waals surface area (Å²) >= 11 is 3.27. The first kappa shape index (κ1) is 11.9. The minimum Gasteiger partial charge on any atom is -0.296 e. The molecule has 1 atom stereocenters. The van der Waals surface area contributed by atoms with Gasteiger partial charge in [-0.15, -0.1) is 0 Å². The summed E-state index contributed by atoms with van der Waals surface area (Å²) in [6, 6.07) is 5.43. The fraction of sp³-hybridized carbons (Fsp3) is 0.400. The lowest BCUT2D eigenvalue weighted by Gasteiger charge is -2.15. The molecule has 0 bridgehead atoms. The second-order valence-corrected chi connectivity index (χ2v) is 4.62. The van der Waals surface area contributed by atoms with Crippen molar-refractivity contribution in [2.45, 2.75) is 6.42 Å². The van der Waals surface area contributed by atoms with Crippen LogP contribution in [0.25, 0.3) is 10.4 Å². The number of pyridine rings is 1. The van der Waals surface area contributed by atoms with Crippen molar-refractivity contribution in [2.24, 2.45) is 11.0 Å². The van der Waals surface area contributed by atoms with Crippen LogP contribution in [-0.2, 0) is 4.79 Å². The molecular formula is C10H10BrN5O. The molecule has 1 aliphatic rings. The molecule has 1 aliphatic heterocycles. The van der Waals surface area contributed by atoms with Crippen LogP contribution in [0.15, 0.2) is 27.9 Å². The van der Waals surface area contributed by atoms with Crippen molar-refractivity contribution in [1.29, 1.82) is 0 Å². The number of amides is 1. The molecule has 2 heterocycles. The van der Waals surface area contributed by atoms with Gasteiger partial charge in [-0.25, -0.2) is 4.98 Å². The van der Waals surface area contributed by atoms with Gasteiger partial charge in [0.05, 0.1) is 0 Å². The van der Waals surface area contributed by atoms with E-state index in [1.165, 1.54) is 0 Å². The number of nitrogens with zero attached hydrogens (tertiary/aromatic N) is 5. The van der Waals surface area contributed by atoms with E-state index < -0.39 is 0 Å². The molecule has 88 valence electrons. The van der Waals surface area contributed by atoms with E-state index in [1.54, 1.807) is 11.0 Å². The van der Waals surface area contributed by atoms with Crippen molar-refractivity contribution in [2.75, 3.05) is 18.0 Å². The molecule has 0 saturated carbocycles. The van der Waals surface area contributed by atoms with Crippen molar-refractivity contribution < 1.29 is 4.79 Å². The predicted molar refractivity (Wildman–Crippen MR) is 66.4 cm³/mol. The van der Waals surface area contributed by atoms with Gasteiger partial charge in [0.25, 0.3) is 0 Å². The van der Waals surface area contributed by atoms with E-state index >= 15 is 0 Å². The Labute approximate surface area is 106 Å². The summed E-state index contributed by atoms with van der Waals surface area (Å²) in [6.45, 7) is 0.911. The predicted octanol–water partition coefficient (Wildman–Crippen LogP) is 2.51. The minimum atomic E-state index is 0.0220. The first-order chi connectivity index (χ1) is 8.20. The lowest BCUT2D eigenvalue weighted by Crippen LogP contribution is -2.25. The van der Waals surface area contributed by atoms with Crippen LogP contribution in [0.3, 0.4) is 0 Å². The van der Waals surface area contributed by atoms with Crippen LogP contribution in [0.5, 0.6) is 0 Å². The highest BCUT2D eigenvalue weighted by Gasteiger charge is 2.30. The zero-order chi connectivity index (χ0) is 12.3. The average Bonchev–Trinajstić information content (AvgIpc) is 2.68. The van der Waals surface area contributed by atoms with Gasteiger partial charge in [-0.05, 0) is 39.5 Å². The second kappa shape index (κ2) is 5.16. The molecule has 1 amide bonds. The first-order valence-corrected chi connectivity index (χ1v) is 5.94. The van der Waals surface area contributed by atoms with Gasteiger partial charge in [0.2, 0.25) is 5.91 Å². The van der Waals surface area contributed by atoms with Gasteiger partial charge >= 0.3 is 0 Å². The molecular weight excluding hydrogens is 286 g/mol. The fourth-order valence-corrected chi connectivity index (χ4v) is 2.16. The summed E-state index contributed by atoms with van der Waals surface area (Å²) in [4.78, 5) is 20.4. The third-order valence-electron chi connectivity index (χ3n) is 2.59. The van der Waals surface area contributed by atoms with E-state index in [0.717, 1.165) is 0 Å². The van der Waals surface area contributed by atoms with Crippen LogP contribution < -0.4 is 4.90 Å². The zero-order valence-corrected chi connectivity index (χ0v) is 10.5. The van der Waals surface area contributed by atoms with E-state index in [-0.39, 0.29) is 11.8 Å². The molecule has 0 spiro atoms. The number of hydrogen-bond donors (Lipinski definition) is 0. The number of azide groups is 1. The van der Waals surface area contributed by atoms with Crippen molar-refractivity contribution in [3.63, 3.8) is 0 Å². The topological polar surface area (TPSA) is 82.0 Å². The van der Waals surface area contributed by atoms with Crippen LogP contribution in [0.1, 0.15) is 6.42 Å². The molecule has 0 N–H and O–H groups in total. The molecule has 17 heavy (non-hydrogen) atoms. The summed E-state index contributed by atoms with van der Waals surface area (Å²) < 4.78 is 0.696. The van der Waals surface area contributed by atoms with Crippen molar-refractivity contribution in [1.82, 2.24) is 4.98 Å². The monoisotopic (exact) mass is 295 g/mol. The third-order valence-corrected chi connectivity index (χ3v) is 3.03. The number of carbonyl (C=O) groups excluding carboxylic acids is 1. The van der Waals surface area contributed by atoms with E-state index in [0.29, 0.717) is 29.9 Å². The van der Waals surface area contributed by atoms with Crippen LogP contribution in [0, 0.1) is 5.92 Å². The lowest BCUT2D eigenvalue weighted by molar-refractivity contribution is -0.117. The maximum atomic E-state index is 11.8. The van der Waals surface area contributed by atoms with E-state index in [2.05, 4.69) is 30.9 Å². The highest BCUT2D eigenvalue weighted by Crippen LogP contribution is 2.24. The van der Waals surface area contributed by atoms with Gasteiger partial charge < -0.3 is 0 Å². The minimum absolute atomic E-state index is 0.0220. The van der Waals surface area contributed by atoms with E-state index in [4.69, 9.17) is 5.53 Å². The smallest absolute Gasteiger partial charge is 0.228 e.